The third-order valence-corrected chi connectivity index (χ3v) is 4.15. The molecule has 0 aliphatic rings. The van der Waals surface area contributed by atoms with Crippen LogP contribution in [0.3, 0.4) is 0 Å². The number of fused-ring (bicyclic) bond motifs is 1. The van der Waals surface area contributed by atoms with E-state index in [0.717, 1.165) is 11.5 Å². The van der Waals surface area contributed by atoms with Crippen LogP contribution in [0.2, 0.25) is 0 Å². The first-order chi connectivity index (χ1) is 12.9. The molecule has 0 bridgehead atoms. The van der Waals surface area contributed by atoms with Crippen molar-refractivity contribution in [2.75, 3.05) is 5.32 Å². The van der Waals surface area contributed by atoms with Crippen molar-refractivity contribution in [1.29, 1.82) is 0 Å². The second-order valence-electron chi connectivity index (χ2n) is 5.29. The number of pyridine rings is 1. The number of anilines is 1. The minimum Gasteiger partial charge on any atom is -0.505 e. The second kappa shape index (κ2) is 7.14. The number of aromatic nitrogens is 2. The first-order valence-corrected chi connectivity index (χ1v) is 8.15. The minimum atomic E-state index is -0.884. The summed E-state index contributed by atoms with van der Waals surface area (Å²) in [6.45, 7) is 8.38. The zero-order valence-corrected chi connectivity index (χ0v) is 14.6. The molecule has 0 radical (unpaired) electrons. The molecule has 0 aliphatic carbocycles. The molecule has 0 saturated heterocycles. The molecule has 1 aromatic carbocycles. The molecule has 0 fully saturated rings. The van der Waals surface area contributed by atoms with E-state index in [9.17, 15) is 14.7 Å². The maximum absolute atomic E-state index is 11.5. The van der Waals surface area contributed by atoms with Crippen LogP contribution in [0.4, 0.5) is 22.1 Å². The van der Waals surface area contributed by atoms with Gasteiger partial charge in [0.05, 0.1) is 29.0 Å². The fraction of sp³-hybridized carbons (Fsp3) is 0.0625. The van der Waals surface area contributed by atoms with Gasteiger partial charge in [-0.2, -0.15) is 0 Å². The van der Waals surface area contributed by atoms with Crippen LogP contribution in [0, 0.1) is 6.57 Å². The zero-order valence-electron chi connectivity index (χ0n) is 13.8. The molecule has 3 aromatic rings. The number of azo groups is 1. The van der Waals surface area contributed by atoms with Gasteiger partial charge < -0.3 is 16.2 Å². The molecular formula is C16H11N7O3S. The summed E-state index contributed by atoms with van der Waals surface area (Å²) in [5.41, 5.74) is 5.99. The third-order valence-electron chi connectivity index (χ3n) is 3.40. The first kappa shape index (κ1) is 17.9. The van der Waals surface area contributed by atoms with E-state index in [1.807, 2.05) is 0 Å². The lowest BCUT2D eigenvalue weighted by Crippen LogP contribution is -2.13. The van der Waals surface area contributed by atoms with Crippen molar-refractivity contribution in [3.63, 3.8) is 0 Å². The summed E-state index contributed by atoms with van der Waals surface area (Å²) in [5, 5.41) is 21.5. The highest BCUT2D eigenvalue weighted by Crippen LogP contribution is 2.37. The lowest BCUT2D eigenvalue weighted by atomic mass is 10.1. The number of rotatable bonds is 4. The summed E-state index contributed by atoms with van der Waals surface area (Å²) >= 11 is 1.04. The highest BCUT2D eigenvalue weighted by molar-refractivity contribution is 7.11. The molecule has 3 rings (SSSR count). The molecule has 11 heteroatoms. The van der Waals surface area contributed by atoms with Crippen LogP contribution in [0.1, 0.15) is 17.3 Å². The van der Waals surface area contributed by atoms with E-state index in [1.165, 1.54) is 31.5 Å². The van der Waals surface area contributed by atoms with Crippen molar-refractivity contribution in [1.82, 2.24) is 9.36 Å². The van der Waals surface area contributed by atoms with Crippen molar-refractivity contribution >= 4 is 56.3 Å². The number of nitrogens with one attached hydrogen (secondary N) is 1. The number of amides is 2. The Morgan fingerprint density at radius 3 is 2.78 bits per heavy atom. The molecule has 2 heterocycles. The van der Waals surface area contributed by atoms with Gasteiger partial charge >= 0.3 is 0 Å². The number of carbonyl (C=O) groups is 2. The van der Waals surface area contributed by atoms with E-state index in [4.69, 9.17) is 12.3 Å². The Labute approximate surface area is 156 Å². The lowest BCUT2D eigenvalue weighted by Gasteiger charge is -2.09. The van der Waals surface area contributed by atoms with Crippen LogP contribution in [-0.4, -0.2) is 26.3 Å². The van der Waals surface area contributed by atoms with E-state index in [0.29, 0.717) is 21.6 Å². The summed E-state index contributed by atoms with van der Waals surface area (Å²) in [7, 11) is 0. The number of phenols is 1. The summed E-state index contributed by atoms with van der Waals surface area (Å²) < 4.78 is 4.18. The molecule has 0 saturated carbocycles. The Kier molecular flexibility index (Phi) is 4.73. The quantitative estimate of drug-likeness (QED) is 0.360. The average molecular weight is 381 g/mol. The maximum Gasteiger partial charge on any atom is 0.252 e. The Balaban J connectivity index is 2.05. The van der Waals surface area contributed by atoms with Crippen LogP contribution in [0.5, 0.6) is 5.75 Å². The summed E-state index contributed by atoms with van der Waals surface area (Å²) in [6, 6.07) is 2.59. The van der Waals surface area contributed by atoms with Crippen molar-refractivity contribution in [2.45, 2.75) is 6.92 Å². The van der Waals surface area contributed by atoms with Gasteiger partial charge in [0, 0.05) is 24.7 Å². The van der Waals surface area contributed by atoms with Gasteiger partial charge in [0.2, 0.25) is 11.6 Å². The van der Waals surface area contributed by atoms with Gasteiger partial charge in [-0.15, -0.1) is 10.2 Å². The Hall–Kier alpha value is -3.91. The van der Waals surface area contributed by atoms with Gasteiger partial charge in [0.25, 0.3) is 5.91 Å². The molecule has 0 spiro atoms. The standard InChI is InChI=1S/C16H11N7O3S/c1-7(24)20-11-4-8(3-9(14(11)25)15(17)26)21-22-16-10-5-19-6-12(18-2)13(10)23-27-16/h3-6,25H,1H3,(H2,17,26)(H,20,24)/b22-21+. The van der Waals surface area contributed by atoms with E-state index in [1.54, 1.807) is 0 Å². The van der Waals surface area contributed by atoms with Gasteiger partial charge in [-0.3, -0.25) is 14.6 Å². The van der Waals surface area contributed by atoms with Gasteiger partial charge in [-0.1, -0.05) is 0 Å². The van der Waals surface area contributed by atoms with Crippen molar-refractivity contribution < 1.29 is 14.7 Å². The number of carbonyl (C=O) groups excluding carboxylic acids is 2. The van der Waals surface area contributed by atoms with Gasteiger partial charge in [0.1, 0.15) is 0 Å². The van der Waals surface area contributed by atoms with Crippen LogP contribution in [0.25, 0.3) is 15.7 Å². The number of hydrogen-bond donors (Lipinski definition) is 3. The molecule has 0 atom stereocenters. The van der Waals surface area contributed by atoms with Crippen LogP contribution < -0.4 is 11.1 Å². The van der Waals surface area contributed by atoms with Crippen LogP contribution in [-0.2, 0) is 4.79 Å². The number of hydrogen-bond acceptors (Lipinski definition) is 8. The van der Waals surface area contributed by atoms with Crippen molar-refractivity contribution in [3.05, 3.63) is 41.5 Å². The van der Waals surface area contributed by atoms with E-state index in [-0.39, 0.29) is 16.9 Å². The van der Waals surface area contributed by atoms with E-state index >= 15 is 0 Å². The summed E-state index contributed by atoms with van der Waals surface area (Å²) in [4.78, 5) is 30.1. The SMILES string of the molecule is [C-]#[N+]c1cncc2c(/N=N/c3cc(NC(C)=O)c(O)c(C(N)=O)c3)snc12. The van der Waals surface area contributed by atoms with Crippen molar-refractivity contribution in [2.24, 2.45) is 16.0 Å². The summed E-state index contributed by atoms with van der Waals surface area (Å²) in [5.74, 6) is -1.78. The van der Waals surface area contributed by atoms with E-state index < -0.39 is 17.6 Å². The number of nitrogens with zero attached hydrogens (tertiary/aromatic N) is 5. The Bertz CT molecular complexity index is 1150. The smallest absolute Gasteiger partial charge is 0.252 e. The molecular weight excluding hydrogens is 370 g/mol. The van der Waals surface area contributed by atoms with Crippen molar-refractivity contribution in [3.8, 4) is 5.75 Å². The minimum absolute atomic E-state index is 0.0149. The molecule has 2 amide bonds. The van der Waals surface area contributed by atoms with Crippen LogP contribution in [0.15, 0.2) is 34.8 Å². The first-order valence-electron chi connectivity index (χ1n) is 7.37. The monoisotopic (exact) mass is 381 g/mol. The molecule has 27 heavy (non-hydrogen) atoms. The zero-order chi connectivity index (χ0) is 19.6. The maximum atomic E-state index is 11.5. The predicted molar refractivity (Wildman–Crippen MR) is 98.8 cm³/mol. The Morgan fingerprint density at radius 1 is 1.33 bits per heavy atom. The topological polar surface area (TPSA) is 147 Å². The molecule has 134 valence electrons. The third kappa shape index (κ3) is 3.55. The largest absolute Gasteiger partial charge is 0.505 e. The van der Waals surface area contributed by atoms with Crippen LogP contribution >= 0.6 is 11.5 Å². The number of nitrogens with two attached hydrogens (primary N) is 1. The lowest BCUT2D eigenvalue weighted by molar-refractivity contribution is -0.114. The molecule has 0 aliphatic heterocycles. The molecule has 0 unspecified atom stereocenters. The van der Waals surface area contributed by atoms with Gasteiger partial charge in [-0.25, -0.2) is 9.22 Å². The predicted octanol–water partition coefficient (Wildman–Crippen LogP) is 3.42. The summed E-state index contributed by atoms with van der Waals surface area (Å²) in [6.07, 6.45) is 2.94. The molecule has 10 nitrogen and oxygen atoms in total. The Morgan fingerprint density at radius 2 is 2.11 bits per heavy atom. The van der Waals surface area contributed by atoms with Gasteiger partial charge in [0.15, 0.2) is 10.8 Å². The fourth-order valence-electron chi connectivity index (χ4n) is 2.24. The average Bonchev–Trinajstić information content (AvgIpc) is 3.04. The number of primary amides is 1. The highest BCUT2D eigenvalue weighted by atomic mass is 32.1. The normalized spacial score (nSPS) is 10.8. The fourth-order valence-corrected chi connectivity index (χ4v) is 2.93. The second-order valence-corrected chi connectivity index (χ2v) is 6.04. The number of benzene rings is 1. The van der Waals surface area contributed by atoms with E-state index in [2.05, 4.69) is 29.7 Å². The number of aromatic hydroxyl groups is 1. The molecule has 2 aromatic heterocycles. The highest BCUT2D eigenvalue weighted by Gasteiger charge is 2.16. The van der Waals surface area contributed by atoms with Gasteiger partial charge in [-0.05, 0) is 23.7 Å². The molecule has 4 N–H and O–H groups in total.